The van der Waals surface area contributed by atoms with Gasteiger partial charge in [-0.05, 0) is 31.0 Å². The molecule has 0 spiro atoms. The summed E-state index contributed by atoms with van der Waals surface area (Å²) < 4.78 is 5.30. The van der Waals surface area contributed by atoms with E-state index in [1.54, 1.807) is 7.11 Å². The second-order valence-electron chi connectivity index (χ2n) is 4.76. The van der Waals surface area contributed by atoms with E-state index in [9.17, 15) is 9.59 Å². The van der Waals surface area contributed by atoms with Crippen molar-refractivity contribution in [2.45, 2.75) is 27.2 Å². The molecule has 0 aliphatic heterocycles. The van der Waals surface area contributed by atoms with Crippen molar-refractivity contribution in [1.82, 2.24) is 10.6 Å². The number of rotatable bonds is 6. The number of carbonyl (C=O) groups is 2. The quantitative estimate of drug-likeness (QED) is 0.766. The molecule has 2 amide bonds. The summed E-state index contributed by atoms with van der Waals surface area (Å²) >= 11 is 0. The Morgan fingerprint density at radius 2 is 1.70 bits per heavy atom. The van der Waals surface area contributed by atoms with Gasteiger partial charge >= 0.3 is 0 Å². The fourth-order valence-electron chi connectivity index (χ4n) is 1.85. The van der Waals surface area contributed by atoms with Crippen LogP contribution in [0.4, 0.5) is 0 Å². The van der Waals surface area contributed by atoms with E-state index in [2.05, 4.69) is 10.6 Å². The van der Waals surface area contributed by atoms with Gasteiger partial charge in [-0.1, -0.05) is 6.07 Å². The minimum absolute atomic E-state index is 0.0862. The van der Waals surface area contributed by atoms with Crippen molar-refractivity contribution in [2.24, 2.45) is 0 Å². The standard InChI is InChI=1S/C15H22N2O3/c1-10-7-13(14(20-4)8-11(10)2)9-15(19)17-6-5-16-12(3)18/h7-8H,5-6,9H2,1-4H3,(H,16,18)(H,17,19). The van der Waals surface area contributed by atoms with Gasteiger partial charge in [0.05, 0.1) is 13.5 Å². The minimum atomic E-state index is -0.102. The highest BCUT2D eigenvalue weighted by molar-refractivity contribution is 5.79. The Morgan fingerprint density at radius 1 is 1.10 bits per heavy atom. The van der Waals surface area contributed by atoms with Crippen LogP contribution < -0.4 is 15.4 Å². The highest BCUT2D eigenvalue weighted by atomic mass is 16.5. The molecule has 0 heterocycles. The SMILES string of the molecule is COc1cc(C)c(C)cc1CC(=O)NCCNC(C)=O. The molecule has 0 atom stereocenters. The zero-order chi connectivity index (χ0) is 15.1. The van der Waals surface area contributed by atoms with Crippen LogP contribution in [0, 0.1) is 13.8 Å². The third-order valence-electron chi connectivity index (χ3n) is 3.07. The normalized spacial score (nSPS) is 10.0. The fourth-order valence-corrected chi connectivity index (χ4v) is 1.85. The van der Waals surface area contributed by atoms with E-state index in [1.807, 2.05) is 26.0 Å². The number of methoxy groups -OCH3 is 1. The lowest BCUT2D eigenvalue weighted by atomic mass is 10.0. The third kappa shape index (κ3) is 4.91. The second kappa shape index (κ2) is 7.53. The molecule has 0 saturated carbocycles. The van der Waals surface area contributed by atoms with Crippen molar-refractivity contribution >= 4 is 11.8 Å². The van der Waals surface area contributed by atoms with Crippen LogP contribution >= 0.6 is 0 Å². The van der Waals surface area contributed by atoms with E-state index >= 15 is 0 Å². The first kappa shape index (κ1) is 16.0. The Kier molecular flexibility index (Phi) is 6.03. The first-order valence-electron chi connectivity index (χ1n) is 6.59. The summed E-state index contributed by atoms with van der Waals surface area (Å²) in [5.41, 5.74) is 3.14. The van der Waals surface area contributed by atoms with Gasteiger partial charge in [-0.25, -0.2) is 0 Å². The second-order valence-corrected chi connectivity index (χ2v) is 4.76. The highest BCUT2D eigenvalue weighted by Gasteiger charge is 2.10. The van der Waals surface area contributed by atoms with Crippen LogP contribution in [0.1, 0.15) is 23.6 Å². The molecule has 1 aromatic carbocycles. The summed E-state index contributed by atoms with van der Waals surface area (Å²) in [4.78, 5) is 22.5. The molecule has 1 rings (SSSR count). The molecule has 0 aliphatic carbocycles. The van der Waals surface area contributed by atoms with E-state index in [-0.39, 0.29) is 18.2 Å². The number of carbonyl (C=O) groups excluding carboxylic acids is 2. The Bertz CT molecular complexity index is 498. The van der Waals surface area contributed by atoms with Crippen molar-refractivity contribution in [3.8, 4) is 5.75 Å². The number of nitrogens with one attached hydrogen (secondary N) is 2. The van der Waals surface area contributed by atoms with Gasteiger partial charge in [0, 0.05) is 25.6 Å². The molecule has 0 bridgehead atoms. The van der Waals surface area contributed by atoms with Gasteiger partial charge in [0.2, 0.25) is 11.8 Å². The average molecular weight is 278 g/mol. The molecule has 0 fully saturated rings. The average Bonchev–Trinajstić information content (AvgIpc) is 2.38. The van der Waals surface area contributed by atoms with E-state index in [4.69, 9.17) is 4.74 Å². The molecular formula is C15H22N2O3. The lowest BCUT2D eigenvalue weighted by Gasteiger charge is -2.12. The van der Waals surface area contributed by atoms with Gasteiger partial charge in [0.25, 0.3) is 0 Å². The number of hydrogen-bond donors (Lipinski definition) is 2. The van der Waals surface area contributed by atoms with Gasteiger partial charge in [-0.2, -0.15) is 0 Å². The highest BCUT2D eigenvalue weighted by Crippen LogP contribution is 2.23. The monoisotopic (exact) mass is 278 g/mol. The Hall–Kier alpha value is -2.04. The molecule has 5 nitrogen and oxygen atoms in total. The number of aryl methyl sites for hydroxylation is 2. The first-order valence-corrected chi connectivity index (χ1v) is 6.59. The third-order valence-corrected chi connectivity index (χ3v) is 3.07. The van der Waals surface area contributed by atoms with E-state index in [1.165, 1.54) is 6.92 Å². The summed E-state index contributed by atoms with van der Waals surface area (Å²) in [6, 6.07) is 3.91. The molecule has 20 heavy (non-hydrogen) atoms. The first-order chi connectivity index (χ1) is 9.43. The molecule has 0 radical (unpaired) electrons. The van der Waals surface area contributed by atoms with Crippen LogP contribution in [0.3, 0.4) is 0 Å². The molecular weight excluding hydrogens is 256 g/mol. The van der Waals surface area contributed by atoms with E-state index in [0.717, 1.165) is 22.4 Å². The lowest BCUT2D eigenvalue weighted by molar-refractivity contribution is -0.121. The number of ether oxygens (including phenoxy) is 1. The molecule has 2 N–H and O–H groups in total. The van der Waals surface area contributed by atoms with Crippen LogP contribution in [0.5, 0.6) is 5.75 Å². The van der Waals surface area contributed by atoms with E-state index < -0.39 is 0 Å². The maximum atomic E-state index is 11.8. The molecule has 1 aromatic rings. The summed E-state index contributed by atoms with van der Waals surface area (Å²) in [5.74, 6) is 0.539. The largest absolute Gasteiger partial charge is 0.496 e. The van der Waals surface area contributed by atoms with Crippen LogP contribution in [0.2, 0.25) is 0 Å². The van der Waals surface area contributed by atoms with Crippen LogP contribution in [0.25, 0.3) is 0 Å². The topological polar surface area (TPSA) is 67.4 Å². The van der Waals surface area contributed by atoms with Crippen molar-refractivity contribution < 1.29 is 14.3 Å². The summed E-state index contributed by atoms with van der Waals surface area (Å²) in [6.07, 6.45) is 0.268. The molecule has 0 aliphatic rings. The molecule has 0 unspecified atom stereocenters. The van der Waals surface area contributed by atoms with Crippen LogP contribution in [-0.4, -0.2) is 32.0 Å². The van der Waals surface area contributed by atoms with E-state index in [0.29, 0.717) is 13.1 Å². The Balaban J connectivity index is 2.57. The number of hydrogen-bond acceptors (Lipinski definition) is 3. The maximum absolute atomic E-state index is 11.8. The van der Waals surface area contributed by atoms with Crippen LogP contribution in [-0.2, 0) is 16.0 Å². The summed E-state index contributed by atoms with van der Waals surface area (Å²) in [5, 5.41) is 5.39. The van der Waals surface area contributed by atoms with Crippen molar-refractivity contribution in [3.63, 3.8) is 0 Å². The van der Waals surface area contributed by atoms with Gasteiger partial charge in [-0.15, -0.1) is 0 Å². The summed E-state index contributed by atoms with van der Waals surface area (Å²) in [6.45, 7) is 6.32. The molecule has 0 saturated heterocycles. The Morgan fingerprint density at radius 3 is 2.30 bits per heavy atom. The maximum Gasteiger partial charge on any atom is 0.224 e. The number of benzene rings is 1. The molecule has 0 aromatic heterocycles. The van der Waals surface area contributed by atoms with Gasteiger partial charge < -0.3 is 15.4 Å². The van der Waals surface area contributed by atoms with Crippen molar-refractivity contribution in [3.05, 3.63) is 28.8 Å². The Labute approximate surface area is 119 Å². The molecule has 5 heteroatoms. The van der Waals surface area contributed by atoms with Crippen LogP contribution in [0.15, 0.2) is 12.1 Å². The zero-order valence-corrected chi connectivity index (χ0v) is 12.5. The predicted octanol–water partition coefficient (Wildman–Crippen LogP) is 1.11. The lowest BCUT2D eigenvalue weighted by Crippen LogP contribution is -2.34. The van der Waals surface area contributed by atoms with Gasteiger partial charge in [0.1, 0.15) is 5.75 Å². The summed E-state index contributed by atoms with van der Waals surface area (Å²) in [7, 11) is 1.60. The zero-order valence-electron chi connectivity index (χ0n) is 12.5. The smallest absolute Gasteiger partial charge is 0.224 e. The van der Waals surface area contributed by atoms with Crippen molar-refractivity contribution in [2.75, 3.05) is 20.2 Å². The number of amides is 2. The van der Waals surface area contributed by atoms with Crippen molar-refractivity contribution in [1.29, 1.82) is 0 Å². The predicted molar refractivity (Wildman–Crippen MR) is 77.9 cm³/mol. The fraction of sp³-hybridized carbons (Fsp3) is 0.467. The van der Waals surface area contributed by atoms with Gasteiger partial charge in [0.15, 0.2) is 0 Å². The molecule has 110 valence electrons. The minimum Gasteiger partial charge on any atom is -0.496 e. The van der Waals surface area contributed by atoms with Gasteiger partial charge in [-0.3, -0.25) is 9.59 Å².